The minimum absolute atomic E-state index is 0. The van der Waals surface area contributed by atoms with Crippen LogP contribution in [-0.4, -0.2) is 15.0 Å². The molecule has 5 rings (SSSR count). The maximum Gasteiger partial charge on any atom is 0.233 e. The molecule has 0 radical (unpaired) electrons. The smallest absolute Gasteiger partial charge is 0.233 e. The van der Waals surface area contributed by atoms with Crippen LogP contribution in [-0.2, 0) is 13.2 Å². The molecular formula is C27H23ClN4O2. The Balaban J connectivity index is 0.00000274. The third-order valence-electron chi connectivity index (χ3n) is 5.36. The molecule has 7 heteroatoms. The Morgan fingerprint density at radius 2 is 1.41 bits per heavy atom. The van der Waals surface area contributed by atoms with Crippen LogP contribution in [0.2, 0.25) is 0 Å². The maximum absolute atomic E-state index is 5.93. The van der Waals surface area contributed by atoms with Gasteiger partial charge in [0.1, 0.15) is 12.3 Å². The molecule has 0 saturated carbocycles. The lowest BCUT2D eigenvalue weighted by Crippen LogP contribution is -2.01. The standard InChI is InChI=1S/C27H22N4O2.ClH/c28-15-19-1-3-22(4-2-19)26-27(23-7-5-21(6-8-23)24-11-14-32-18-24)31-25(16-30-26)33-17-20-9-12-29-13-10-20;/h1-14,16,18H,15,17,28H2;1H. The number of hydrogen-bond donors (Lipinski definition) is 1. The van der Waals surface area contributed by atoms with Gasteiger partial charge in [-0.25, -0.2) is 9.97 Å². The van der Waals surface area contributed by atoms with Crippen molar-refractivity contribution in [2.24, 2.45) is 5.73 Å². The lowest BCUT2D eigenvalue weighted by atomic mass is 10.0. The van der Waals surface area contributed by atoms with Crippen LogP contribution < -0.4 is 10.5 Å². The molecule has 2 aromatic carbocycles. The number of aromatic nitrogens is 3. The average Bonchev–Trinajstić information content (AvgIpc) is 3.43. The Kier molecular flexibility index (Phi) is 7.32. The largest absolute Gasteiger partial charge is 0.472 e. The minimum atomic E-state index is 0. The maximum atomic E-state index is 5.93. The first-order chi connectivity index (χ1) is 16.3. The molecule has 3 heterocycles. The number of halogens is 1. The van der Waals surface area contributed by atoms with Gasteiger partial charge in [0.25, 0.3) is 0 Å². The summed E-state index contributed by atoms with van der Waals surface area (Å²) in [5.74, 6) is 0.461. The first-order valence-electron chi connectivity index (χ1n) is 10.6. The summed E-state index contributed by atoms with van der Waals surface area (Å²) in [5.41, 5.74) is 13.4. The fourth-order valence-electron chi connectivity index (χ4n) is 3.54. The van der Waals surface area contributed by atoms with Crippen molar-refractivity contribution in [1.29, 1.82) is 0 Å². The van der Waals surface area contributed by atoms with Crippen LogP contribution in [0.3, 0.4) is 0 Å². The zero-order valence-corrected chi connectivity index (χ0v) is 19.1. The van der Waals surface area contributed by atoms with E-state index in [0.717, 1.165) is 44.8 Å². The van der Waals surface area contributed by atoms with E-state index < -0.39 is 0 Å². The van der Waals surface area contributed by atoms with Gasteiger partial charge in [-0.15, -0.1) is 12.4 Å². The molecule has 170 valence electrons. The topological polar surface area (TPSA) is 87.1 Å². The summed E-state index contributed by atoms with van der Waals surface area (Å²) < 4.78 is 11.1. The van der Waals surface area contributed by atoms with Crippen molar-refractivity contribution < 1.29 is 9.15 Å². The second-order valence-corrected chi connectivity index (χ2v) is 7.54. The van der Waals surface area contributed by atoms with E-state index in [1.165, 1.54) is 0 Å². The second-order valence-electron chi connectivity index (χ2n) is 7.54. The summed E-state index contributed by atoms with van der Waals surface area (Å²) in [4.78, 5) is 13.6. The van der Waals surface area contributed by atoms with Crippen LogP contribution in [0.5, 0.6) is 5.88 Å². The number of nitrogens with two attached hydrogens (primary N) is 1. The lowest BCUT2D eigenvalue weighted by Gasteiger charge is -2.12. The van der Waals surface area contributed by atoms with Crippen LogP contribution in [0.1, 0.15) is 11.1 Å². The predicted octanol–water partition coefficient (Wildman–Crippen LogP) is 5.93. The van der Waals surface area contributed by atoms with Crippen molar-refractivity contribution >= 4 is 12.4 Å². The van der Waals surface area contributed by atoms with Gasteiger partial charge in [-0.2, -0.15) is 0 Å². The van der Waals surface area contributed by atoms with Crippen molar-refractivity contribution in [3.63, 3.8) is 0 Å². The average molecular weight is 471 g/mol. The van der Waals surface area contributed by atoms with E-state index in [9.17, 15) is 0 Å². The fourth-order valence-corrected chi connectivity index (χ4v) is 3.54. The zero-order chi connectivity index (χ0) is 22.5. The molecule has 0 amide bonds. The highest BCUT2D eigenvalue weighted by Crippen LogP contribution is 2.32. The van der Waals surface area contributed by atoms with Crippen molar-refractivity contribution in [3.05, 3.63) is 109 Å². The Hall–Kier alpha value is -4.00. The number of ether oxygens (including phenoxy) is 1. The van der Waals surface area contributed by atoms with Gasteiger partial charge in [0, 0.05) is 35.6 Å². The molecule has 0 atom stereocenters. The molecular weight excluding hydrogens is 448 g/mol. The van der Waals surface area contributed by atoms with Crippen molar-refractivity contribution in [1.82, 2.24) is 15.0 Å². The van der Waals surface area contributed by atoms with Gasteiger partial charge in [-0.3, -0.25) is 4.98 Å². The molecule has 0 aliphatic carbocycles. The summed E-state index contributed by atoms with van der Waals surface area (Å²) in [6.45, 7) is 0.886. The molecule has 0 aliphatic heterocycles. The molecule has 3 aromatic heterocycles. The van der Waals surface area contributed by atoms with E-state index in [1.54, 1.807) is 31.1 Å². The SMILES string of the molecule is Cl.NCc1ccc(-c2ncc(OCc3ccncc3)nc2-c2ccc(-c3ccoc3)cc2)cc1. The number of pyridine rings is 1. The molecule has 0 unspecified atom stereocenters. The monoisotopic (exact) mass is 470 g/mol. The lowest BCUT2D eigenvalue weighted by molar-refractivity contribution is 0.293. The fraction of sp³-hybridized carbons (Fsp3) is 0.0741. The van der Waals surface area contributed by atoms with E-state index in [1.807, 2.05) is 66.7 Å². The summed E-state index contributed by atoms with van der Waals surface area (Å²) >= 11 is 0. The first-order valence-corrected chi connectivity index (χ1v) is 10.6. The Labute approximate surface area is 203 Å². The van der Waals surface area contributed by atoms with Crippen LogP contribution in [0.4, 0.5) is 0 Å². The van der Waals surface area contributed by atoms with Gasteiger partial charge in [0.15, 0.2) is 0 Å². The molecule has 6 nitrogen and oxygen atoms in total. The van der Waals surface area contributed by atoms with Gasteiger partial charge in [0.05, 0.1) is 24.4 Å². The molecule has 5 aromatic rings. The number of benzene rings is 2. The Morgan fingerprint density at radius 1 is 0.735 bits per heavy atom. The van der Waals surface area contributed by atoms with E-state index in [4.69, 9.17) is 24.9 Å². The van der Waals surface area contributed by atoms with Crippen LogP contribution in [0.25, 0.3) is 33.6 Å². The minimum Gasteiger partial charge on any atom is -0.472 e. The van der Waals surface area contributed by atoms with E-state index in [2.05, 4.69) is 4.98 Å². The first kappa shape index (κ1) is 23.2. The van der Waals surface area contributed by atoms with Crippen molar-refractivity contribution in [3.8, 4) is 39.5 Å². The van der Waals surface area contributed by atoms with Gasteiger partial charge < -0.3 is 14.9 Å². The molecule has 0 bridgehead atoms. The molecule has 2 N–H and O–H groups in total. The van der Waals surface area contributed by atoms with Crippen molar-refractivity contribution in [2.45, 2.75) is 13.2 Å². The van der Waals surface area contributed by atoms with Crippen molar-refractivity contribution in [2.75, 3.05) is 0 Å². The zero-order valence-electron chi connectivity index (χ0n) is 18.3. The van der Waals surface area contributed by atoms with Crippen LogP contribution in [0.15, 0.2) is 102 Å². The highest BCUT2D eigenvalue weighted by molar-refractivity contribution is 5.85. The molecule has 0 aliphatic rings. The normalized spacial score (nSPS) is 10.5. The van der Waals surface area contributed by atoms with E-state index >= 15 is 0 Å². The number of hydrogen-bond acceptors (Lipinski definition) is 6. The summed E-state index contributed by atoms with van der Waals surface area (Å²) in [7, 11) is 0. The quantitative estimate of drug-likeness (QED) is 0.317. The Bertz CT molecular complexity index is 1320. The molecule has 0 spiro atoms. The van der Waals surface area contributed by atoms with Crippen LogP contribution >= 0.6 is 12.4 Å². The molecule has 0 saturated heterocycles. The Morgan fingerprint density at radius 3 is 2.09 bits per heavy atom. The second kappa shape index (κ2) is 10.7. The summed E-state index contributed by atoms with van der Waals surface area (Å²) in [5, 5.41) is 0. The molecule has 34 heavy (non-hydrogen) atoms. The summed E-state index contributed by atoms with van der Waals surface area (Å²) in [6, 6.07) is 22.0. The highest BCUT2D eigenvalue weighted by atomic mass is 35.5. The molecule has 0 fully saturated rings. The third kappa shape index (κ3) is 5.14. The summed E-state index contributed by atoms with van der Waals surface area (Å²) in [6.07, 6.45) is 8.54. The highest BCUT2D eigenvalue weighted by Gasteiger charge is 2.14. The van der Waals surface area contributed by atoms with Gasteiger partial charge in [-0.05, 0) is 34.9 Å². The number of nitrogens with zero attached hydrogens (tertiary/aromatic N) is 3. The number of furan rings is 1. The predicted molar refractivity (Wildman–Crippen MR) is 134 cm³/mol. The van der Waals surface area contributed by atoms with Crippen LogP contribution in [0, 0.1) is 0 Å². The van der Waals surface area contributed by atoms with Gasteiger partial charge in [0.2, 0.25) is 5.88 Å². The van der Waals surface area contributed by atoms with Gasteiger partial charge >= 0.3 is 0 Å². The number of rotatable bonds is 7. The van der Waals surface area contributed by atoms with Gasteiger partial charge in [-0.1, -0.05) is 48.5 Å². The van der Waals surface area contributed by atoms with E-state index in [0.29, 0.717) is 19.0 Å². The van der Waals surface area contributed by atoms with E-state index in [-0.39, 0.29) is 12.4 Å². The third-order valence-corrected chi connectivity index (χ3v) is 5.36.